The topological polar surface area (TPSA) is 23.8 Å². The van der Waals surface area contributed by atoms with E-state index < -0.39 is 11.6 Å². The second kappa shape index (κ2) is 4.45. The molecule has 0 aromatic rings. The third-order valence-electron chi connectivity index (χ3n) is 0.964. The maximum atomic E-state index is 11.6. The fourth-order valence-corrected chi connectivity index (χ4v) is 0.554. The predicted molar refractivity (Wildman–Crippen MR) is 34.8 cm³/mol. The Labute approximate surface area is 67.8 Å². The molecule has 0 bridgehead atoms. The molecule has 1 nitrogen and oxygen atoms in total. The van der Waals surface area contributed by atoms with Crippen molar-refractivity contribution in [3.63, 3.8) is 0 Å². The molecule has 0 saturated heterocycles. The van der Waals surface area contributed by atoms with Crippen molar-refractivity contribution in [3.8, 4) is 6.07 Å². The van der Waals surface area contributed by atoms with Crippen LogP contribution in [0.2, 0.25) is 0 Å². The predicted octanol–water partition coefficient (Wildman–Crippen LogP) is 2.66. The average molecular weight is 185 g/mol. The van der Waals surface area contributed by atoms with Gasteiger partial charge in [-0.3, -0.25) is 0 Å². The van der Waals surface area contributed by atoms with Gasteiger partial charge in [-0.2, -0.15) is 18.4 Å². The number of nitriles is 1. The van der Waals surface area contributed by atoms with Crippen molar-refractivity contribution in [2.75, 3.05) is 0 Å². The van der Waals surface area contributed by atoms with E-state index in [0.29, 0.717) is 0 Å². The van der Waals surface area contributed by atoms with Crippen LogP contribution in [0.1, 0.15) is 12.8 Å². The lowest BCUT2D eigenvalue weighted by Crippen LogP contribution is -2.23. The molecule has 0 spiro atoms. The zero-order valence-electron chi connectivity index (χ0n) is 5.53. The molecule has 0 saturated carbocycles. The van der Waals surface area contributed by atoms with E-state index in [9.17, 15) is 13.2 Å². The zero-order chi connectivity index (χ0) is 8.91. The molecule has 0 aliphatic carbocycles. The molecule has 0 heterocycles. The maximum Gasteiger partial charge on any atom is 0.404 e. The monoisotopic (exact) mass is 184 g/mol. The largest absolute Gasteiger partial charge is 0.404 e. The van der Waals surface area contributed by atoms with Crippen LogP contribution in [0.25, 0.3) is 0 Å². The first-order valence-electron chi connectivity index (χ1n) is 2.88. The Morgan fingerprint density at radius 1 is 1.55 bits per heavy atom. The van der Waals surface area contributed by atoms with Gasteiger partial charge in [0.1, 0.15) is 5.38 Å². The number of nitrogens with zero attached hydrogens (tertiary/aromatic N) is 1. The van der Waals surface area contributed by atoms with Gasteiger partial charge in [-0.1, -0.05) is 0 Å². The van der Waals surface area contributed by atoms with Gasteiger partial charge in [0.15, 0.2) is 0 Å². The van der Waals surface area contributed by atoms with Crippen LogP contribution >= 0.6 is 11.6 Å². The molecular weight excluding hydrogens is 179 g/mol. The fourth-order valence-electron chi connectivity index (χ4n) is 0.428. The van der Waals surface area contributed by atoms with E-state index in [0.717, 1.165) is 0 Å². The molecule has 0 aliphatic rings. The molecule has 0 fully saturated rings. The molecule has 0 unspecified atom stereocenters. The summed E-state index contributed by atoms with van der Waals surface area (Å²) in [7, 11) is 0. The number of rotatable bonds is 3. The zero-order valence-corrected chi connectivity index (χ0v) is 6.28. The van der Waals surface area contributed by atoms with Gasteiger partial charge >= 0.3 is 6.18 Å². The summed E-state index contributed by atoms with van der Waals surface area (Å²) in [5.41, 5.74) is 0. The average Bonchev–Trinajstić information content (AvgIpc) is 1.86. The smallest absolute Gasteiger partial charge is 0.198 e. The Balaban J connectivity index is 3.55. The maximum absolute atomic E-state index is 11.6. The van der Waals surface area contributed by atoms with Crippen LogP contribution in [0, 0.1) is 17.8 Å². The van der Waals surface area contributed by atoms with E-state index in [1.54, 1.807) is 6.07 Å². The fraction of sp³-hybridized carbons (Fsp3) is 0.667. The Bertz CT molecular complexity index is 149. The number of halogens is 4. The van der Waals surface area contributed by atoms with Crippen molar-refractivity contribution in [3.05, 3.63) is 6.42 Å². The van der Waals surface area contributed by atoms with Gasteiger partial charge < -0.3 is 0 Å². The molecule has 1 radical (unpaired) electrons. The lowest BCUT2D eigenvalue weighted by Gasteiger charge is -2.11. The molecule has 1 atom stereocenters. The van der Waals surface area contributed by atoms with E-state index in [1.807, 2.05) is 0 Å². The first-order valence-corrected chi connectivity index (χ1v) is 3.31. The highest BCUT2D eigenvalue weighted by atomic mass is 35.5. The molecule has 0 amide bonds. The molecular formula is C6H6ClF3N. The van der Waals surface area contributed by atoms with Gasteiger partial charge in [0, 0.05) is 6.42 Å². The Morgan fingerprint density at radius 2 is 2.09 bits per heavy atom. The lowest BCUT2D eigenvalue weighted by molar-refractivity contribution is -0.130. The van der Waals surface area contributed by atoms with Crippen molar-refractivity contribution in [2.45, 2.75) is 24.4 Å². The minimum absolute atomic E-state index is 0.000694. The molecule has 63 valence electrons. The summed E-state index contributed by atoms with van der Waals surface area (Å²) in [5.74, 6) is 0. The highest BCUT2D eigenvalue weighted by Crippen LogP contribution is 2.27. The Kier molecular flexibility index (Phi) is 4.27. The summed E-state index contributed by atoms with van der Waals surface area (Å²) in [4.78, 5) is 0. The van der Waals surface area contributed by atoms with E-state index >= 15 is 0 Å². The number of hydrogen-bond acceptors (Lipinski definition) is 1. The first-order chi connectivity index (χ1) is 4.98. The van der Waals surface area contributed by atoms with Crippen molar-refractivity contribution in [1.82, 2.24) is 0 Å². The minimum atomic E-state index is -4.37. The summed E-state index contributed by atoms with van der Waals surface area (Å²) in [5, 5.41) is 6.11. The lowest BCUT2D eigenvalue weighted by atomic mass is 10.2. The van der Waals surface area contributed by atoms with Gasteiger partial charge in [0.25, 0.3) is 0 Å². The second-order valence-corrected chi connectivity index (χ2v) is 2.42. The Hall–Kier alpha value is -0.430. The van der Waals surface area contributed by atoms with Gasteiger partial charge in [0.2, 0.25) is 0 Å². The van der Waals surface area contributed by atoms with Gasteiger partial charge in [-0.15, -0.1) is 11.6 Å². The van der Waals surface area contributed by atoms with Crippen LogP contribution in [-0.4, -0.2) is 11.6 Å². The minimum Gasteiger partial charge on any atom is -0.198 e. The highest BCUT2D eigenvalue weighted by molar-refractivity contribution is 6.21. The summed E-state index contributed by atoms with van der Waals surface area (Å²) in [6.07, 6.45) is -3.46. The van der Waals surface area contributed by atoms with E-state index in [4.69, 9.17) is 16.9 Å². The summed E-state index contributed by atoms with van der Waals surface area (Å²) < 4.78 is 34.9. The summed E-state index contributed by atoms with van der Waals surface area (Å²) >= 11 is 4.93. The molecule has 11 heavy (non-hydrogen) atoms. The van der Waals surface area contributed by atoms with Crippen LogP contribution in [0.5, 0.6) is 0 Å². The van der Waals surface area contributed by atoms with Crippen molar-refractivity contribution < 1.29 is 13.2 Å². The normalized spacial score (nSPS) is 14.1. The first kappa shape index (κ1) is 10.6. The highest BCUT2D eigenvalue weighted by Gasteiger charge is 2.37. The molecule has 5 heteroatoms. The van der Waals surface area contributed by atoms with Crippen molar-refractivity contribution >= 4 is 11.6 Å². The number of hydrogen-bond donors (Lipinski definition) is 0. The van der Waals surface area contributed by atoms with Crippen molar-refractivity contribution in [1.29, 1.82) is 5.26 Å². The third-order valence-corrected chi connectivity index (χ3v) is 1.39. The summed E-state index contributed by atoms with van der Waals surface area (Å²) in [6.45, 7) is 0. The summed E-state index contributed by atoms with van der Waals surface area (Å²) in [6, 6.07) is 1.69. The molecule has 0 aromatic carbocycles. The molecule has 0 N–H and O–H groups in total. The Morgan fingerprint density at radius 3 is 2.45 bits per heavy atom. The quantitative estimate of drug-likeness (QED) is 0.489. The SMILES string of the molecule is N#CC[CH]C[C@H](Cl)C(F)(F)F. The van der Waals surface area contributed by atoms with Crippen LogP contribution in [0.4, 0.5) is 13.2 Å². The van der Waals surface area contributed by atoms with Crippen LogP contribution in [-0.2, 0) is 0 Å². The van der Waals surface area contributed by atoms with Crippen LogP contribution < -0.4 is 0 Å². The molecule has 0 aromatic heterocycles. The number of alkyl halides is 4. The van der Waals surface area contributed by atoms with Crippen molar-refractivity contribution in [2.24, 2.45) is 0 Å². The third kappa shape index (κ3) is 4.91. The molecule has 0 rings (SSSR count). The van der Waals surface area contributed by atoms with E-state index in [-0.39, 0.29) is 12.8 Å². The van der Waals surface area contributed by atoms with E-state index in [2.05, 4.69) is 0 Å². The van der Waals surface area contributed by atoms with Crippen LogP contribution in [0.3, 0.4) is 0 Å². The van der Waals surface area contributed by atoms with Gasteiger partial charge in [0.05, 0.1) is 6.07 Å². The second-order valence-electron chi connectivity index (χ2n) is 1.90. The molecule has 0 aliphatic heterocycles. The van der Waals surface area contributed by atoms with Crippen LogP contribution in [0.15, 0.2) is 0 Å². The number of unbranched alkanes of at least 4 members (excludes halogenated alkanes) is 1. The van der Waals surface area contributed by atoms with E-state index in [1.165, 1.54) is 6.42 Å². The van der Waals surface area contributed by atoms with Gasteiger partial charge in [-0.25, -0.2) is 0 Å². The standard InChI is InChI=1S/C6H6ClF3N/c7-5(6(8,9)10)3-1-2-4-11/h1,5H,2-3H2/t5-/m0/s1. The van der Waals surface area contributed by atoms with Gasteiger partial charge in [-0.05, 0) is 12.8 Å².